The number of furan rings is 2. The van der Waals surface area contributed by atoms with E-state index in [1.807, 2.05) is 0 Å². The first kappa shape index (κ1) is 29.6. The normalized spacial score (nSPS) is 12.2. The molecule has 0 radical (unpaired) electrons. The minimum Gasteiger partial charge on any atom is -0.456 e. The zero-order chi connectivity index (χ0) is 34.3. The van der Waals surface area contributed by atoms with Crippen LogP contribution in [0.25, 0.3) is 76.5 Å². The zero-order valence-corrected chi connectivity index (χ0v) is 28.8. The Hall–Kier alpha value is -6.32. The van der Waals surface area contributed by atoms with E-state index >= 15 is 0 Å². The van der Waals surface area contributed by atoms with Gasteiger partial charge in [-0.05, 0) is 51.4 Å². The lowest BCUT2D eigenvalue weighted by Crippen LogP contribution is -2.12. The molecule has 0 spiro atoms. The number of rotatable bonds is 4. The summed E-state index contributed by atoms with van der Waals surface area (Å²) in [5, 5.41) is 9.11. The van der Waals surface area contributed by atoms with Crippen LogP contribution >= 0.6 is 0 Å². The first-order valence-corrected chi connectivity index (χ1v) is 17.6. The molecule has 2 heterocycles. The summed E-state index contributed by atoms with van der Waals surface area (Å²) in [4.78, 5) is 2.38. The standard InChI is InChI=1S/C48H35NO2/c1-48(2,3)39-24-13-22-36-37-23-14-26-41(47(37)51-46(36)39)49(40-25-12-11-19-33(40)30-15-5-4-6-16-30)42-29-44-45(35-21-10-9-20-34(35)42)38-27-31-17-7-8-18-32(31)28-43(38)50-44/h4-29H,1-3H3. The second-order valence-electron chi connectivity index (χ2n) is 14.5. The number of nitrogens with zero attached hydrogens (tertiary/aromatic N) is 1. The van der Waals surface area contributed by atoms with E-state index < -0.39 is 0 Å². The Morgan fingerprint density at radius 3 is 1.86 bits per heavy atom. The summed E-state index contributed by atoms with van der Waals surface area (Å²) in [6, 6.07) is 56.2. The minimum atomic E-state index is -0.0829. The fourth-order valence-corrected chi connectivity index (χ4v) is 7.98. The van der Waals surface area contributed by atoms with Crippen LogP contribution in [0.15, 0.2) is 167 Å². The Bertz CT molecular complexity index is 2960. The van der Waals surface area contributed by atoms with E-state index in [9.17, 15) is 0 Å². The van der Waals surface area contributed by atoms with Crippen LogP contribution < -0.4 is 4.90 Å². The number of fused-ring (bicyclic) bond motifs is 9. The maximum absolute atomic E-state index is 7.04. The van der Waals surface area contributed by atoms with Crippen LogP contribution in [-0.4, -0.2) is 0 Å². The second kappa shape index (κ2) is 11.1. The van der Waals surface area contributed by atoms with Gasteiger partial charge in [0.05, 0.1) is 17.1 Å². The van der Waals surface area contributed by atoms with Gasteiger partial charge in [-0.3, -0.25) is 0 Å². The van der Waals surface area contributed by atoms with Crippen molar-refractivity contribution in [1.82, 2.24) is 0 Å². The molecule has 3 nitrogen and oxygen atoms in total. The predicted octanol–water partition coefficient (Wildman–Crippen LogP) is 14.2. The van der Waals surface area contributed by atoms with E-state index in [4.69, 9.17) is 8.83 Å². The maximum Gasteiger partial charge on any atom is 0.159 e. The Labute approximate surface area is 296 Å². The highest BCUT2D eigenvalue weighted by molar-refractivity contribution is 6.24. The molecule has 0 amide bonds. The number of para-hydroxylation sites is 3. The van der Waals surface area contributed by atoms with Gasteiger partial charge < -0.3 is 13.7 Å². The third-order valence-corrected chi connectivity index (χ3v) is 10.3. The molecule has 0 saturated heterocycles. The van der Waals surface area contributed by atoms with Gasteiger partial charge in [0.2, 0.25) is 0 Å². The van der Waals surface area contributed by atoms with Crippen molar-refractivity contribution < 1.29 is 8.83 Å². The number of benzene rings is 8. The van der Waals surface area contributed by atoms with Crippen molar-refractivity contribution in [3.8, 4) is 11.1 Å². The van der Waals surface area contributed by atoms with E-state index in [1.54, 1.807) is 0 Å². The molecule has 0 unspecified atom stereocenters. The summed E-state index contributed by atoms with van der Waals surface area (Å²) in [5.41, 5.74) is 9.96. The number of anilines is 3. The Balaban J connectivity index is 1.34. The van der Waals surface area contributed by atoms with Crippen molar-refractivity contribution in [3.63, 3.8) is 0 Å². The van der Waals surface area contributed by atoms with E-state index in [0.717, 1.165) is 88.2 Å². The molecule has 0 aliphatic carbocycles. The van der Waals surface area contributed by atoms with Gasteiger partial charge >= 0.3 is 0 Å². The van der Waals surface area contributed by atoms with E-state index in [-0.39, 0.29) is 5.41 Å². The van der Waals surface area contributed by atoms with Crippen molar-refractivity contribution in [2.24, 2.45) is 0 Å². The van der Waals surface area contributed by atoms with Crippen molar-refractivity contribution >= 4 is 82.5 Å². The molecular formula is C48H35NO2. The van der Waals surface area contributed by atoms with Crippen LogP contribution in [-0.2, 0) is 5.41 Å². The molecular weight excluding hydrogens is 623 g/mol. The number of hydrogen-bond donors (Lipinski definition) is 0. The molecule has 0 atom stereocenters. The quantitative estimate of drug-likeness (QED) is 0.189. The fraction of sp³-hybridized carbons (Fsp3) is 0.0833. The van der Waals surface area contributed by atoms with Crippen LogP contribution in [0.1, 0.15) is 26.3 Å². The van der Waals surface area contributed by atoms with E-state index in [2.05, 4.69) is 183 Å². The Morgan fingerprint density at radius 2 is 1.06 bits per heavy atom. The average Bonchev–Trinajstić information content (AvgIpc) is 3.72. The summed E-state index contributed by atoms with van der Waals surface area (Å²) >= 11 is 0. The molecule has 0 saturated carbocycles. The van der Waals surface area contributed by atoms with Gasteiger partial charge in [0, 0.05) is 44.1 Å². The SMILES string of the molecule is CC(C)(C)c1cccc2c1oc1c(N(c3ccccc3-c3ccccc3)c3cc4oc5cc6ccccc6cc5c4c4ccccc34)cccc12. The third kappa shape index (κ3) is 4.58. The summed E-state index contributed by atoms with van der Waals surface area (Å²) in [6.45, 7) is 6.74. The van der Waals surface area contributed by atoms with Crippen LogP contribution in [0.4, 0.5) is 17.1 Å². The van der Waals surface area contributed by atoms with Gasteiger partial charge in [-0.1, -0.05) is 148 Å². The van der Waals surface area contributed by atoms with E-state index in [1.165, 1.54) is 10.9 Å². The largest absolute Gasteiger partial charge is 0.456 e. The minimum absolute atomic E-state index is 0.0829. The molecule has 3 heteroatoms. The molecule has 244 valence electrons. The predicted molar refractivity (Wildman–Crippen MR) is 215 cm³/mol. The number of hydrogen-bond acceptors (Lipinski definition) is 3. The summed E-state index contributed by atoms with van der Waals surface area (Å²) in [6.07, 6.45) is 0. The lowest BCUT2D eigenvalue weighted by atomic mass is 9.86. The molecule has 2 aromatic heterocycles. The van der Waals surface area contributed by atoms with Gasteiger partial charge in [0.25, 0.3) is 0 Å². The lowest BCUT2D eigenvalue weighted by molar-refractivity contribution is 0.573. The summed E-state index contributed by atoms with van der Waals surface area (Å²) < 4.78 is 13.8. The van der Waals surface area contributed by atoms with Crippen LogP contribution in [0.5, 0.6) is 0 Å². The topological polar surface area (TPSA) is 29.5 Å². The van der Waals surface area contributed by atoms with Crippen molar-refractivity contribution in [3.05, 3.63) is 163 Å². The van der Waals surface area contributed by atoms with Crippen molar-refractivity contribution in [2.45, 2.75) is 26.2 Å². The van der Waals surface area contributed by atoms with Crippen molar-refractivity contribution in [1.29, 1.82) is 0 Å². The van der Waals surface area contributed by atoms with Crippen LogP contribution in [0.2, 0.25) is 0 Å². The molecule has 51 heavy (non-hydrogen) atoms. The van der Waals surface area contributed by atoms with Gasteiger partial charge in [-0.2, -0.15) is 0 Å². The molecule has 8 aromatic carbocycles. The van der Waals surface area contributed by atoms with Crippen molar-refractivity contribution in [2.75, 3.05) is 4.90 Å². The highest BCUT2D eigenvalue weighted by Crippen LogP contribution is 2.50. The maximum atomic E-state index is 7.04. The van der Waals surface area contributed by atoms with E-state index in [0.29, 0.717) is 0 Å². The van der Waals surface area contributed by atoms with Gasteiger partial charge in [0.1, 0.15) is 16.7 Å². The fourth-order valence-electron chi connectivity index (χ4n) is 7.98. The molecule has 0 fully saturated rings. The molecule has 0 N–H and O–H groups in total. The highest BCUT2D eigenvalue weighted by atomic mass is 16.3. The monoisotopic (exact) mass is 657 g/mol. The van der Waals surface area contributed by atoms with Gasteiger partial charge in [0.15, 0.2) is 5.58 Å². The summed E-state index contributed by atoms with van der Waals surface area (Å²) in [5.74, 6) is 0. The molecule has 0 aliphatic heterocycles. The van der Waals surface area contributed by atoms with Gasteiger partial charge in [-0.25, -0.2) is 0 Å². The lowest BCUT2D eigenvalue weighted by Gasteiger charge is -2.29. The third-order valence-electron chi connectivity index (χ3n) is 10.3. The molecule has 10 aromatic rings. The summed E-state index contributed by atoms with van der Waals surface area (Å²) in [7, 11) is 0. The van der Waals surface area contributed by atoms with Gasteiger partial charge in [-0.15, -0.1) is 0 Å². The molecule has 10 rings (SSSR count). The van der Waals surface area contributed by atoms with Crippen LogP contribution in [0.3, 0.4) is 0 Å². The zero-order valence-electron chi connectivity index (χ0n) is 28.8. The first-order valence-electron chi connectivity index (χ1n) is 17.6. The Morgan fingerprint density at radius 1 is 0.431 bits per heavy atom. The molecule has 0 aliphatic rings. The average molecular weight is 658 g/mol. The molecule has 0 bridgehead atoms. The Kier molecular flexibility index (Phi) is 6.44. The smallest absolute Gasteiger partial charge is 0.159 e. The highest BCUT2D eigenvalue weighted by Gasteiger charge is 2.27. The van der Waals surface area contributed by atoms with Crippen LogP contribution in [0, 0.1) is 0 Å². The first-order chi connectivity index (χ1) is 24.9. The second-order valence-corrected chi connectivity index (χ2v) is 14.5.